The number of amides is 1. The van der Waals surface area contributed by atoms with Crippen LogP contribution in [0.2, 0.25) is 0 Å². The summed E-state index contributed by atoms with van der Waals surface area (Å²) in [6.07, 6.45) is 4.61. The van der Waals surface area contributed by atoms with Gasteiger partial charge in [-0.1, -0.05) is 6.42 Å². The van der Waals surface area contributed by atoms with Crippen molar-refractivity contribution in [1.29, 1.82) is 0 Å². The largest absolute Gasteiger partial charge is 0.391 e. The van der Waals surface area contributed by atoms with E-state index in [1.807, 2.05) is 4.90 Å². The molecule has 1 amide bonds. The van der Waals surface area contributed by atoms with Gasteiger partial charge in [-0.3, -0.25) is 4.79 Å². The molecule has 0 aromatic heterocycles. The molecule has 3 N–H and O–H groups in total. The molecule has 2 aliphatic rings. The summed E-state index contributed by atoms with van der Waals surface area (Å²) in [5.41, 5.74) is 5.70. The molecule has 1 aliphatic carbocycles. The number of nitrogens with two attached hydrogens (primary N) is 1. The van der Waals surface area contributed by atoms with Gasteiger partial charge >= 0.3 is 0 Å². The lowest BCUT2D eigenvalue weighted by Crippen LogP contribution is -2.46. The first-order chi connectivity index (χ1) is 7.72. The molecule has 1 saturated heterocycles. The van der Waals surface area contributed by atoms with Gasteiger partial charge in [0.2, 0.25) is 5.91 Å². The van der Waals surface area contributed by atoms with E-state index in [9.17, 15) is 9.90 Å². The van der Waals surface area contributed by atoms with Crippen LogP contribution >= 0.6 is 0 Å². The van der Waals surface area contributed by atoms with Gasteiger partial charge in [0.15, 0.2) is 0 Å². The van der Waals surface area contributed by atoms with Crippen LogP contribution in [-0.4, -0.2) is 41.7 Å². The first-order valence-electron chi connectivity index (χ1n) is 6.39. The molecule has 0 radical (unpaired) electrons. The van der Waals surface area contributed by atoms with Crippen molar-refractivity contribution in [1.82, 2.24) is 4.90 Å². The zero-order chi connectivity index (χ0) is 11.5. The Kier molecular flexibility index (Phi) is 3.82. The third kappa shape index (κ3) is 2.38. The van der Waals surface area contributed by atoms with Crippen molar-refractivity contribution in [3.05, 3.63) is 0 Å². The van der Waals surface area contributed by atoms with Crippen molar-refractivity contribution in [3.8, 4) is 0 Å². The number of aliphatic hydroxyl groups excluding tert-OH is 1. The number of hydrogen-bond acceptors (Lipinski definition) is 3. The first-order valence-corrected chi connectivity index (χ1v) is 6.39. The van der Waals surface area contributed by atoms with Crippen LogP contribution < -0.4 is 5.73 Å². The normalized spacial score (nSPS) is 35.4. The second-order valence-corrected chi connectivity index (χ2v) is 5.11. The summed E-state index contributed by atoms with van der Waals surface area (Å²) in [7, 11) is 0. The average molecular weight is 226 g/mol. The molecular formula is C12H22N2O2. The Bertz CT molecular complexity index is 257. The van der Waals surface area contributed by atoms with Crippen molar-refractivity contribution < 1.29 is 9.90 Å². The predicted molar refractivity (Wildman–Crippen MR) is 61.7 cm³/mol. The minimum absolute atomic E-state index is 0.121. The Balaban J connectivity index is 1.95. The molecule has 0 aromatic carbocycles. The van der Waals surface area contributed by atoms with Gasteiger partial charge in [0, 0.05) is 19.0 Å². The van der Waals surface area contributed by atoms with Crippen LogP contribution in [0.25, 0.3) is 0 Å². The Hall–Kier alpha value is -0.610. The summed E-state index contributed by atoms with van der Waals surface area (Å²) in [5, 5.41) is 9.58. The summed E-state index contributed by atoms with van der Waals surface area (Å²) in [5.74, 6) is 0.716. The van der Waals surface area contributed by atoms with Crippen LogP contribution in [0, 0.1) is 11.8 Å². The van der Waals surface area contributed by atoms with Crippen LogP contribution in [-0.2, 0) is 4.79 Å². The highest BCUT2D eigenvalue weighted by Gasteiger charge is 2.35. The Morgan fingerprint density at radius 1 is 1.31 bits per heavy atom. The molecular weight excluding hydrogens is 204 g/mol. The predicted octanol–water partition coefficient (Wildman–Crippen LogP) is 0.345. The summed E-state index contributed by atoms with van der Waals surface area (Å²) >= 11 is 0. The number of hydrogen-bond donors (Lipinski definition) is 2. The lowest BCUT2D eigenvalue weighted by molar-refractivity contribution is -0.139. The SMILES string of the molecule is NCC1CCCC1C(=O)N1CCC[C@H](O)C1. The van der Waals surface area contributed by atoms with Crippen molar-refractivity contribution in [2.75, 3.05) is 19.6 Å². The number of likely N-dealkylation sites (tertiary alicyclic amines) is 1. The number of carbonyl (C=O) groups excluding carboxylic acids is 1. The minimum Gasteiger partial charge on any atom is -0.391 e. The van der Waals surface area contributed by atoms with Crippen LogP contribution in [0.3, 0.4) is 0 Å². The molecule has 2 rings (SSSR count). The zero-order valence-corrected chi connectivity index (χ0v) is 9.77. The molecule has 4 heteroatoms. The first kappa shape index (κ1) is 11.9. The maximum absolute atomic E-state index is 12.3. The maximum atomic E-state index is 12.3. The van der Waals surface area contributed by atoms with Gasteiger partial charge in [0.05, 0.1) is 6.10 Å². The highest BCUT2D eigenvalue weighted by atomic mass is 16.3. The van der Waals surface area contributed by atoms with Crippen molar-refractivity contribution in [2.45, 2.75) is 38.2 Å². The van der Waals surface area contributed by atoms with Crippen LogP contribution in [0.5, 0.6) is 0 Å². The summed E-state index contributed by atoms with van der Waals surface area (Å²) < 4.78 is 0. The van der Waals surface area contributed by atoms with E-state index in [0.717, 1.165) is 38.6 Å². The van der Waals surface area contributed by atoms with Crippen LogP contribution in [0.15, 0.2) is 0 Å². The van der Waals surface area contributed by atoms with E-state index < -0.39 is 0 Å². The molecule has 0 bridgehead atoms. The highest BCUT2D eigenvalue weighted by molar-refractivity contribution is 5.79. The number of rotatable bonds is 2. The fraction of sp³-hybridized carbons (Fsp3) is 0.917. The molecule has 2 unspecified atom stereocenters. The number of piperidine rings is 1. The summed E-state index contributed by atoms with van der Waals surface area (Å²) in [4.78, 5) is 14.1. The molecule has 16 heavy (non-hydrogen) atoms. The van der Waals surface area contributed by atoms with E-state index in [2.05, 4.69) is 0 Å². The number of carbonyl (C=O) groups is 1. The van der Waals surface area contributed by atoms with Gasteiger partial charge in [-0.2, -0.15) is 0 Å². The van der Waals surface area contributed by atoms with Gasteiger partial charge in [0.1, 0.15) is 0 Å². The summed E-state index contributed by atoms with van der Waals surface area (Å²) in [6, 6.07) is 0. The lowest BCUT2D eigenvalue weighted by atomic mass is 9.93. The minimum atomic E-state index is -0.324. The van der Waals surface area contributed by atoms with E-state index in [1.54, 1.807) is 0 Å². The second kappa shape index (κ2) is 5.15. The monoisotopic (exact) mass is 226 g/mol. The van der Waals surface area contributed by atoms with E-state index in [-0.39, 0.29) is 17.9 Å². The van der Waals surface area contributed by atoms with E-state index in [1.165, 1.54) is 0 Å². The molecule has 0 aromatic rings. The zero-order valence-electron chi connectivity index (χ0n) is 9.77. The van der Waals surface area contributed by atoms with Crippen molar-refractivity contribution >= 4 is 5.91 Å². The maximum Gasteiger partial charge on any atom is 0.226 e. The van der Waals surface area contributed by atoms with Gasteiger partial charge in [-0.25, -0.2) is 0 Å². The van der Waals surface area contributed by atoms with Crippen molar-refractivity contribution in [3.63, 3.8) is 0 Å². The topological polar surface area (TPSA) is 66.6 Å². The molecule has 0 spiro atoms. The molecule has 1 heterocycles. The van der Waals surface area contributed by atoms with Crippen LogP contribution in [0.1, 0.15) is 32.1 Å². The van der Waals surface area contributed by atoms with E-state index in [4.69, 9.17) is 5.73 Å². The Morgan fingerprint density at radius 2 is 2.12 bits per heavy atom. The van der Waals surface area contributed by atoms with Crippen LogP contribution in [0.4, 0.5) is 0 Å². The standard InChI is InChI=1S/C12H22N2O2/c13-7-9-3-1-5-11(9)12(16)14-6-2-4-10(15)8-14/h9-11,15H,1-8,13H2/t9?,10-,11?/m0/s1. The molecule has 92 valence electrons. The van der Waals surface area contributed by atoms with Gasteiger partial charge < -0.3 is 15.7 Å². The van der Waals surface area contributed by atoms with Gasteiger partial charge in [-0.15, -0.1) is 0 Å². The third-order valence-electron chi connectivity index (χ3n) is 3.99. The van der Waals surface area contributed by atoms with E-state index >= 15 is 0 Å². The molecule has 1 aliphatic heterocycles. The second-order valence-electron chi connectivity index (χ2n) is 5.11. The number of aliphatic hydroxyl groups is 1. The average Bonchev–Trinajstić information content (AvgIpc) is 2.76. The fourth-order valence-electron chi connectivity index (χ4n) is 3.03. The van der Waals surface area contributed by atoms with Crippen molar-refractivity contribution in [2.24, 2.45) is 17.6 Å². The molecule has 1 saturated carbocycles. The number of nitrogens with zero attached hydrogens (tertiary/aromatic N) is 1. The van der Waals surface area contributed by atoms with Gasteiger partial charge in [0.25, 0.3) is 0 Å². The Morgan fingerprint density at radius 3 is 2.81 bits per heavy atom. The quantitative estimate of drug-likeness (QED) is 0.714. The molecule has 3 atom stereocenters. The smallest absolute Gasteiger partial charge is 0.226 e. The van der Waals surface area contributed by atoms with E-state index in [0.29, 0.717) is 19.0 Å². The Labute approximate surface area is 96.8 Å². The number of β-amino-alcohol motifs (C(OH)–C–C–N with tert-alkyl or cyclic N) is 1. The fourth-order valence-corrected chi connectivity index (χ4v) is 3.03. The summed E-state index contributed by atoms with van der Waals surface area (Å²) in [6.45, 7) is 1.95. The molecule has 2 fully saturated rings. The third-order valence-corrected chi connectivity index (χ3v) is 3.99. The molecule has 4 nitrogen and oxygen atoms in total. The highest BCUT2D eigenvalue weighted by Crippen LogP contribution is 2.32. The van der Waals surface area contributed by atoms with Gasteiger partial charge in [-0.05, 0) is 38.1 Å². The lowest BCUT2D eigenvalue weighted by Gasteiger charge is -2.33.